The molecule has 1 saturated heterocycles. The number of rotatable bonds is 5. The number of carbonyl (C=O) groups is 2. The topological polar surface area (TPSA) is 87.9 Å². The van der Waals surface area contributed by atoms with Gasteiger partial charge < -0.3 is 24.3 Å². The Morgan fingerprint density at radius 2 is 1.90 bits per heavy atom. The molecule has 0 radical (unpaired) electrons. The van der Waals surface area contributed by atoms with Crippen LogP contribution in [0.2, 0.25) is 0 Å². The SMILES string of the molecule is COc1cccc(C(=O)N2CCN(c3ccc(NC(=O)c4ccco4)cn3)CC2)c1. The maximum atomic E-state index is 12.7. The molecule has 1 aliphatic heterocycles. The van der Waals surface area contributed by atoms with Crippen LogP contribution in [-0.4, -0.2) is 55.0 Å². The number of benzene rings is 1. The molecule has 0 spiro atoms. The summed E-state index contributed by atoms with van der Waals surface area (Å²) in [5, 5.41) is 2.75. The van der Waals surface area contributed by atoms with Crippen molar-refractivity contribution < 1.29 is 18.7 Å². The fourth-order valence-corrected chi connectivity index (χ4v) is 3.32. The van der Waals surface area contributed by atoms with E-state index in [4.69, 9.17) is 9.15 Å². The third-order valence-electron chi connectivity index (χ3n) is 4.96. The van der Waals surface area contributed by atoms with Crippen LogP contribution >= 0.6 is 0 Å². The summed E-state index contributed by atoms with van der Waals surface area (Å²) in [5.74, 6) is 1.40. The lowest BCUT2D eigenvalue weighted by atomic mass is 10.1. The number of aromatic nitrogens is 1. The van der Waals surface area contributed by atoms with Gasteiger partial charge in [0.15, 0.2) is 5.76 Å². The number of nitrogens with zero attached hydrogens (tertiary/aromatic N) is 3. The second-order valence-corrected chi connectivity index (χ2v) is 6.85. The molecule has 1 fully saturated rings. The van der Waals surface area contributed by atoms with E-state index in [1.165, 1.54) is 6.26 Å². The molecular formula is C22H22N4O4. The Morgan fingerprint density at radius 3 is 2.57 bits per heavy atom. The lowest BCUT2D eigenvalue weighted by Crippen LogP contribution is -2.49. The van der Waals surface area contributed by atoms with Crippen LogP contribution in [0.25, 0.3) is 0 Å². The number of pyridine rings is 1. The number of ether oxygens (including phenoxy) is 1. The molecular weight excluding hydrogens is 384 g/mol. The minimum absolute atomic E-state index is 0.00232. The van der Waals surface area contributed by atoms with Gasteiger partial charge in [-0.15, -0.1) is 0 Å². The van der Waals surface area contributed by atoms with E-state index in [1.807, 2.05) is 23.1 Å². The minimum atomic E-state index is -0.320. The van der Waals surface area contributed by atoms with Crippen molar-refractivity contribution in [1.29, 1.82) is 0 Å². The van der Waals surface area contributed by atoms with Gasteiger partial charge in [-0.05, 0) is 42.5 Å². The predicted octanol–water partition coefficient (Wildman–Crippen LogP) is 2.90. The molecule has 0 saturated carbocycles. The Kier molecular flexibility index (Phi) is 5.65. The molecule has 0 atom stereocenters. The van der Waals surface area contributed by atoms with Gasteiger partial charge in [-0.2, -0.15) is 0 Å². The van der Waals surface area contributed by atoms with Gasteiger partial charge in [0.1, 0.15) is 11.6 Å². The Hall–Kier alpha value is -3.81. The highest BCUT2D eigenvalue weighted by molar-refractivity contribution is 6.02. The Labute approximate surface area is 174 Å². The fourth-order valence-electron chi connectivity index (χ4n) is 3.32. The van der Waals surface area contributed by atoms with Crippen molar-refractivity contribution >= 4 is 23.3 Å². The van der Waals surface area contributed by atoms with E-state index in [9.17, 15) is 9.59 Å². The summed E-state index contributed by atoms with van der Waals surface area (Å²) in [6.07, 6.45) is 3.07. The molecule has 0 bridgehead atoms. The largest absolute Gasteiger partial charge is 0.497 e. The first-order valence-corrected chi connectivity index (χ1v) is 9.63. The zero-order valence-electron chi connectivity index (χ0n) is 16.6. The van der Waals surface area contributed by atoms with Gasteiger partial charge in [-0.3, -0.25) is 9.59 Å². The van der Waals surface area contributed by atoms with Crippen molar-refractivity contribution in [3.63, 3.8) is 0 Å². The number of hydrogen-bond donors (Lipinski definition) is 1. The molecule has 1 aromatic carbocycles. The molecule has 0 unspecified atom stereocenters. The maximum absolute atomic E-state index is 12.7. The molecule has 0 aliphatic carbocycles. The molecule has 1 N–H and O–H groups in total. The fraction of sp³-hybridized carbons (Fsp3) is 0.227. The summed E-state index contributed by atoms with van der Waals surface area (Å²) in [5.41, 5.74) is 1.21. The molecule has 30 heavy (non-hydrogen) atoms. The average Bonchev–Trinajstić information content (AvgIpc) is 3.34. The van der Waals surface area contributed by atoms with Crippen LogP contribution in [0.4, 0.5) is 11.5 Å². The second kappa shape index (κ2) is 8.69. The van der Waals surface area contributed by atoms with Gasteiger partial charge in [-0.1, -0.05) is 6.07 Å². The van der Waals surface area contributed by atoms with E-state index in [0.29, 0.717) is 43.2 Å². The van der Waals surface area contributed by atoms with E-state index in [1.54, 1.807) is 43.6 Å². The van der Waals surface area contributed by atoms with E-state index in [2.05, 4.69) is 15.2 Å². The minimum Gasteiger partial charge on any atom is -0.497 e. The number of nitrogens with one attached hydrogen (secondary N) is 1. The predicted molar refractivity (Wildman–Crippen MR) is 112 cm³/mol. The van der Waals surface area contributed by atoms with Gasteiger partial charge in [0.05, 0.1) is 25.3 Å². The van der Waals surface area contributed by atoms with Crippen LogP contribution in [0.3, 0.4) is 0 Å². The normalized spacial score (nSPS) is 13.8. The summed E-state index contributed by atoms with van der Waals surface area (Å²) < 4.78 is 10.3. The molecule has 8 nitrogen and oxygen atoms in total. The summed E-state index contributed by atoms with van der Waals surface area (Å²) >= 11 is 0. The number of hydrogen-bond acceptors (Lipinski definition) is 6. The first-order chi connectivity index (χ1) is 14.6. The first kappa shape index (κ1) is 19.5. The Bertz CT molecular complexity index is 1010. The van der Waals surface area contributed by atoms with Gasteiger partial charge in [-0.25, -0.2) is 4.98 Å². The van der Waals surface area contributed by atoms with Crippen molar-refractivity contribution in [3.8, 4) is 5.75 Å². The van der Waals surface area contributed by atoms with Crippen molar-refractivity contribution in [2.24, 2.45) is 0 Å². The number of piperazine rings is 1. The van der Waals surface area contributed by atoms with Crippen LogP contribution in [0.1, 0.15) is 20.9 Å². The van der Waals surface area contributed by atoms with Crippen LogP contribution in [0.15, 0.2) is 65.4 Å². The molecule has 1 aliphatic rings. The monoisotopic (exact) mass is 406 g/mol. The summed E-state index contributed by atoms with van der Waals surface area (Å²) in [7, 11) is 1.59. The standard InChI is InChI=1S/C22H22N4O4/c1-29-18-5-2-4-16(14-18)22(28)26-11-9-25(10-12-26)20-8-7-17(15-23-20)24-21(27)19-6-3-13-30-19/h2-8,13-15H,9-12H2,1H3,(H,24,27). The van der Waals surface area contributed by atoms with Crippen LogP contribution in [0.5, 0.6) is 5.75 Å². The van der Waals surface area contributed by atoms with Crippen LogP contribution in [-0.2, 0) is 0 Å². The molecule has 2 amide bonds. The van der Waals surface area contributed by atoms with E-state index < -0.39 is 0 Å². The highest BCUT2D eigenvalue weighted by Gasteiger charge is 2.23. The van der Waals surface area contributed by atoms with E-state index in [-0.39, 0.29) is 17.6 Å². The zero-order valence-corrected chi connectivity index (χ0v) is 16.6. The van der Waals surface area contributed by atoms with E-state index >= 15 is 0 Å². The highest BCUT2D eigenvalue weighted by Crippen LogP contribution is 2.19. The zero-order chi connectivity index (χ0) is 20.9. The number of furan rings is 1. The quantitative estimate of drug-likeness (QED) is 0.701. The van der Waals surface area contributed by atoms with Crippen molar-refractivity contribution in [3.05, 3.63) is 72.3 Å². The van der Waals surface area contributed by atoms with Gasteiger partial charge >= 0.3 is 0 Å². The molecule has 8 heteroatoms. The Balaban J connectivity index is 1.33. The third-order valence-corrected chi connectivity index (χ3v) is 4.96. The average molecular weight is 406 g/mol. The lowest BCUT2D eigenvalue weighted by Gasteiger charge is -2.35. The van der Waals surface area contributed by atoms with Gasteiger partial charge in [0.25, 0.3) is 11.8 Å². The van der Waals surface area contributed by atoms with Crippen molar-refractivity contribution in [1.82, 2.24) is 9.88 Å². The maximum Gasteiger partial charge on any atom is 0.291 e. The van der Waals surface area contributed by atoms with Gasteiger partial charge in [0, 0.05) is 31.7 Å². The van der Waals surface area contributed by atoms with Crippen LogP contribution < -0.4 is 15.0 Å². The Morgan fingerprint density at radius 1 is 1.07 bits per heavy atom. The molecule has 3 aromatic rings. The number of anilines is 2. The summed E-state index contributed by atoms with van der Waals surface area (Å²) in [6.45, 7) is 2.57. The smallest absolute Gasteiger partial charge is 0.291 e. The van der Waals surface area contributed by atoms with E-state index in [0.717, 1.165) is 5.82 Å². The molecule has 4 rings (SSSR count). The summed E-state index contributed by atoms with van der Waals surface area (Å²) in [4.78, 5) is 33.2. The molecule has 154 valence electrons. The van der Waals surface area contributed by atoms with Gasteiger partial charge in [0.2, 0.25) is 0 Å². The van der Waals surface area contributed by atoms with Crippen molar-refractivity contribution in [2.75, 3.05) is 43.5 Å². The molecule has 2 aromatic heterocycles. The third kappa shape index (κ3) is 4.27. The molecule has 3 heterocycles. The number of methoxy groups -OCH3 is 1. The number of amides is 2. The summed E-state index contributed by atoms with van der Waals surface area (Å²) in [6, 6.07) is 14.1. The number of carbonyl (C=O) groups excluding carboxylic acids is 2. The second-order valence-electron chi connectivity index (χ2n) is 6.85. The highest BCUT2D eigenvalue weighted by atomic mass is 16.5. The van der Waals surface area contributed by atoms with Crippen molar-refractivity contribution in [2.45, 2.75) is 0 Å². The lowest BCUT2D eigenvalue weighted by molar-refractivity contribution is 0.0746. The first-order valence-electron chi connectivity index (χ1n) is 9.63. The van der Waals surface area contributed by atoms with Crippen LogP contribution in [0, 0.1) is 0 Å².